The van der Waals surface area contributed by atoms with Gasteiger partial charge in [-0.1, -0.05) is 0 Å². The summed E-state index contributed by atoms with van der Waals surface area (Å²) >= 11 is 0. The second kappa shape index (κ2) is 5.68. The van der Waals surface area contributed by atoms with Gasteiger partial charge in [-0.05, 0) is 31.5 Å². The van der Waals surface area contributed by atoms with Crippen molar-refractivity contribution in [3.05, 3.63) is 41.2 Å². The first-order valence-electron chi connectivity index (χ1n) is 6.12. The molecule has 106 valence electrons. The topological polar surface area (TPSA) is 83.0 Å². The Bertz CT molecular complexity index is 639. The molecule has 2 aromatic rings. The first kappa shape index (κ1) is 14.0. The number of anilines is 1. The van der Waals surface area contributed by atoms with Crippen LogP contribution in [0.2, 0.25) is 0 Å². The molecule has 7 heteroatoms. The van der Waals surface area contributed by atoms with Crippen LogP contribution in [0.4, 0.5) is 10.1 Å². The minimum absolute atomic E-state index is 0.0695. The molecule has 20 heavy (non-hydrogen) atoms. The molecule has 0 aliphatic rings. The van der Waals surface area contributed by atoms with Crippen molar-refractivity contribution in [1.29, 1.82) is 0 Å². The van der Waals surface area contributed by atoms with Crippen molar-refractivity contribution in [2.24, 2.45) is 0 Å². The van der Waals surface area contributed by atoms with E-state index in [-0.39, 0.29) is 12.2 Å². The summed E-state index contributed by atoms with van der Waals surface area (Å²) in [7, 11) is 0. The Morgan fingerprint density at radius 3 is 2.95 bits per heavy atom. The van der Waals surface area contributed by atoms with E-state index in [1.807, 2.05) is 6.92 Å². The largest absolute Gasteiger partial charge is 0.454 e. The Labute approximate surface area is 115 Å². The normalized spacial score (nSPS) is 10.6. The number of esters is 1. The Kier molecular flexibility index (Phi) is 3.97. The van der Waals surface area contributed by atoms with Crippen LogP contribution in [0.25, 0.3) is 0 Å². The molecular weight excluding hydrogens is 263 g/mol. The van der Waals surface area contributed by atoms with Gasteiger partial charge >= 0.3 is 5.97 Å². The molecule has 2 N–H and O–H groups in total. The maximum Gasteiger partial charge on any atom is 0.341 e. The number of nitrogen functional groups attached to an aromatic ring is 1. The molecule has 1 aromatic carbocycles. The van der Waals surface area contributed by atoms with Crippen LogP contribution in [0.5, 0.6) is 0 Å². The van der Waals surface area contributed by atoms with E-state index in [2.05, 4.69) is 10.1 Å². The van der Waals surface area contributed by atoms with Crippen molar-refractivity contribution in [3.63, 3.8) is 0 Å². The minimum atomic E-state index is -0.774. The number of carbonyl (C=O) groups is 1. The lowest BCUT2D eigenvalue weighted by molar-refractivity contribution is 0.0451. The highest BCUT2D eigenvalue weighted by molar-refractivity contribution is 5.91. The molecule has 0 saturated carbocycles. The lowest BCUT2D eigenvalue weighted by atomic mass is 10.1. The van der Waals surface area contributed by atoms with Crippen LogP contribution in [-0.4, -0.2) is 20.7 Å². The van der Waals surface area contributed by atoms with Gasteiger partial charge < -0.3 is 10.5 Å². The Morgan fingerprint density at radius 1 is 1.50 bits per heavy atom. The average molecular weight is 278 g/mol. The number of hydrogen-bond donors (Lipinski definition) is 1. The first-order chi connectivity index (χ1) is 9.52. The molecular formula is C13H15FN4O2. The second-order valence-corrected chi connectivity index (χ2v) is 4.27. The number of rotatable bonds is 4. The Hall–Kier alpha value is -2.44. The third kappa shape index (κ3) is 2.76. The molecule has 0 aliphatic heterocycles. The van der Waals surface area contributed by atoms with E-state index in [1.165, 1.54) is 25.4 Å². The van der Waals surface area contributed by atoms with Gasteiger partial charge in [0, 0.05) is 12.2 Å². The summed E-state index contributed by atoms with van der Waals surface area (Å²) in [4.78, 5) is 15.9. The summed E-state index contributed by atoms with van der Waals surface area (Å²) in [6.45, 7) is 3.97. The van der Waals surface area contributed by atoms with Crippen LogP contribution in [0.15, 0.2) is 18.5 Å². The zero-order valence-electron chi connectivity index (χ0n) is 11.3. The van der Waals surface area contributed by atoms with Gasteiger partial charge in [-0.2, -0.15) is 5.10 Å². The monoisotopic (exact) mass is 278 g/mol. The smallest absolute Gasteiger partial charge is 0.341 e. The SMILES string of the molecule is CCn1ncnc1COC(=O)c1cc(N)cc(C)c1F. The number of benzene rings is 1. The van der Waals surface area contributed by atoms with E-state index in [0.29, 0.717) is 23.6 Å². The fourth-order valence-electron chi connectivity index (χ4n) is 1.82. The highest BCUT2D eigenvalue weighted by atomic mass is 19.1. The molecule has 1 heterocycles. The number of aryl methyl sites for hydroxylation is 2. The van der Waals surface area contributed by atoms with E-state index in [9.17, 15) is 9.18 Å². The molecule has 0 bridgehead atoms. The zero-order chi connectivity index (χ0) is 14.7. The van der Waals surface area contributed by atoms with E-state index < -0.39 is 11.8 Å². The zero-order valence-corrected chi connectivity index (χ0v) is 11.3. The summed E-state index contributed by atoms with van der Waals surface area (Å²) in [5.74, 6) is -0.897. The molecule has 0 unspecified atom stereocenters. The van der Waals surface area contributed by atoms with Crippen LogP contribution >= 0.6 is 0 Å². The predicted molar refractivity (Wildman–Crippen MR) is 70.4 cm³/mol. The van der Waals surface area contributed by atoms with Crippen LogP contribution < -0.4 is 5.73 Å². The summed E-state index contributed by atoms with van der Waals surface area (Å²) in [5.41, 5.74) is 6.04. The summed E-state index contributed by atoms with van der Waals surface area (Å²) in [6.07, 6.45) is 1.37. The van der Waals surface area contributed by atoms with E-state index in [4.69, 9.17) is 10.5 Å². The quantitative estimate of drug-likeness (QED) is 0.679. The molecule has 1 aromatic heterocycles. The molecule has 0 atom stereocenters. The minimum Gasteiger partial charge on any atom is -0.454 e. The number of ether oxygens (including phenoxy) is 1. The van der Waals surface area contributed by atoms with Crippen molar-refractivity contribution >= 4 is 11.7 Å². The maximum atomic E-state index is 13.9. The highest BCUT2D eigenvalue weighted by Crippen LogP contribution is 2.18. The maximum absolute atomic E-state index is 13.9. The van der Waals surface area contributed by atoms with Gasteiger partial charge in [-0.3, -0.25) is 0 Å². The van der Waals surface area contributed by atoms with Gasteiger partial charge in [-0.25, -0.2) is 18.9 Å². The number of nitrogens with two attached hydrogens (primary N) is 1. The molecule has 0 fully saturated rings. The summed E-state index contributed by atoms with van der Waals surface area (Å²) < 4.78 is 20.5. The van der Waals surface area contributed by atoms with Crippen molar-refractivity contribution in [2.75, 3.05) is 5.73 Å². The average Bonchev–Trinajstić information content (AvgIpc) is 2.87. The van der Waals surface area contributed by atoms with Crippen molar-refractivity contribution in [3.8, 4) is 0 Å². The third-order valence-corrected chi connectivity index (χ3v) is 2.82. The summed E-state index contributed by atoms with van der Waals surface area (Å²) in [6, 6.07) is 2.72. The Balaban J connectivity index is 2.13. The van der Waals surface area contributed by atoms with Crippen LogP contribution in [0.1, 0.15) is 28.7 Å². The molecule has 0 amide bonds. The molecule has 0 spiro atoms. The molecule has 0 radical (unpaired) electrons. The van der Waals surface area contributed by atoms with Gasteiger partial charge in [0.2, 0.25) is 0 Å². The van der Waals surface area contributed by atoms with Gasteiger partial charge in [0.25, 0.3) is 0 Å². The standard InChI is InChI=1S/C13H15FN4O2/c1-3-18-11(16-7-17-18)6-20-13(19)10-5-9(15)4-8(2)12(10)14/h4-5,7H,3,6,15H2,1-2H3. The second-order valence-electron chi connectivity index (χ2n) is 4.27. The Morgan fingerprint density at radius 2 is 2.25 bits per heavy atom. The van der Waals surface area contributed by atoms with Crippen molar-refractivity contribution < 1.29 is 13.9 Å². The van der Waals surface area contributed by atoms with Crippen LogP contribution in [0, 0.1) is 12.7 Å². The van der Waals surface area contributed by atoms with Gasteiger partial charge in [0.15, 0.2) is 12.4 Å². The highest BCUT2D eigenvalue weighted by Gasteiger charge is 2.17. The van der Waals surface area contributed by atoms with E-state index in [0.717, 1.165) is 0 Å². The van der Waals surface area contributed by atoms with Gasteiger partial charge in [0.1, 0.15) is 12.1 Å². The summed E-state index contributed by atoms with van der Waals surface area (Å²) in [5, 5.41) is 3.95. The number of nitrogens with zero attached hydrogens (tertiary/aromatic N) is 3. The number of hydrogen-bond acceptors (Lipinski definition) is 5. The molecule has 0 aliphatic carbocycles. The van der Waals surface area contributed by atoms with Gasteiger partial charge in [0.05, 0.1) is 5.56 Å². The molecule has 6 nitrogen and oxygen atoms in total. The third-order valence-electron chi connectivity index (χ3n) is 2.82. The lowest BCUT2D eigenvalue weighted by Crippen LogP contribution is -2.12. The van der Waals surface area contributed by atoms with Crippen LogP contribution in [0.3, 0.4) is 0 Å². The fraction of sp³-hybridized carbons (Fsp3) is 0.308. The predicted octanol–water partition coefficient (Wildman–Crippen LogP) is 1.68. The van der Waals surface area contributed by atoms with E-state index >= 15 is 0 Å². The fourth-order valence-corrected chi connectivity index (χ4v) is 1.82. The first-order valence-corrected chi connectivity index (χ1v) is 6.12. The van der Waals surface area contributed by atoms with Crippen LogP contribution in [-0.2, 0) is 17.9 Å². The lowest BCUT2D eigenvalue weighted by Gasteiger charge is -2.08. The molecule has 0 saturated heterocycles. The number of aromatic nitrogens is 3. The number of carbonyl (C=O) groups excluding carboxylic acids is 1. The van der Waals surface area contributed by atoms with E-state index in [1.54, 1.807) is 4.68 Å². The number of halogens is 1. The van der Waals surface area contributed by atoms with Crippen molar-refractivity contribution in [2.45, 2.75) is 27.0 Å². The molecule has 2 rings (SSSR count). The van der Waals surface area contributed by atoms with Gasteiger partial charge in [-0.15, -0.1) is 0 Å². The van der Waals surface area contributed by atoms with Crippen molar-refractivity contribution in [1.82, 2.24) is 14.8 Å².